The Bertz CT molecular complexity index is 604. The molecule has 3 nitrogen and oxygen atoms in total. The number of benzene rings is 1. The smallest absolute Gasteiger partial charge is 0.256 e. The standard InChI is InChI=1S/C12H7BrF2N2O/c13-8-3-4-16-11(6-8)17-12(18)7-1-2-9(14)10(15)5-7/h1-6H,(H,16,17,18). The zero-order chi connectivity index (χ0) is 13.1. The molecule has 0 fully saturated rings. The molecule has 6 heteroatoms. The number of pyridine rings is 1. The van der Waals surface area contributed by atoms with Crippen LogP contribution in [0.2, 0.25) is 0 Å². The molecule has 0 aliphatic heterocycles. The molecule has 0 saturated heterocycles. The molecule has 1 heterocycles. The van der Waals surface area contributed by atoms with Crippen molar-refractivity contribution in [2.75, 3.05) is 5.32 Å². The van der Waals surface area contributed by atoms with E-state index in [1.54, 1.807) is 12.1 Å². The Balaban J connectivity index is 2.19. The van der Waals surface area contributed by atoms with E-state index in [4.69, 9.17) is 0 Å². The first-order valence-electron chi connectivity index (χ1n) is 4.94. The molecule has 0 saturated carbocycles. The maximum atomic E-state index is 13.0. The van der Waals surface area contributed by atoms with Crippen LogP contribution in [-0.4, -0.2) is 10.9 Å². The summed E-state index contributed by atoms with van der Waals surface area (Å²) in [7, 11) is 0. The Morgan fingerprint density at radius 3 is 2.61 bits per heavy atom. The van der Waals surface area contributed by atoms with Crippen molar-refractivity contribution < 1.29 is 13.6 Å². The van der Waals surface area contributed by atoms with Crippen molar-refractivity contribution in [3.05, 3.63) is 58.2 Å². The van der Waals surface area contributed by atoms with Crippen molar-refractivity contribution in [1.82, 2.24) is 4.98 Å². The minimum Gasteiger partial charge on any atom is -0.307 e. The predicted molar refractivity (Wildman–Crippen MR) is 66.2 cm³/mol. The third kappa shape index (κ3) is 2.89. The van der Waals surface area contributed by atoms with Gasteiger partial charge in [-0.25, -0.2) is 13.8 Å². The van der Waals surface area contributed by atoms with Crippen molar-refractivity contribution in [2.45, 2.75) is 0 Å². The fraction of sp³-hybridized carbons (Fsp3) is 0. The Morgan fingerprint density at radius 1 is 1.17 bits per heavy atom. The number of aromatic nitrogens is 1. The van der Waals surface area contributed by atoms with Gasteiger partial charge in [0, 0.05) is 16.2 Å². The van der Waals surface area contributed by atoms with Crippen LogP contribution in [0.3, 0.4) is 0 Å². The van der Waals surface area contributed by atoms with Gasteiger partial charge in [0.25, 0.3) is 5.91 Å². The van der Waals surface area contributed by atoms with E-state index in [-0.39, 0.29) is 5.56 Å². The number of hydrogen-bond donors (Lipinski definition) is 1. The summed E-state index contributed by atoms with van der Waals surface area (Å²) in [5.41, 5.74) is 0.0238. The van der Waals surface area contributed by atoms with E-state index in [1.807, 2.05) is 0 Å². The molecular formula is C12H7BrF2N2O. The van der Waals surface area contributed by atoms with Crippen molar-refractivity contribution in [2.24, 2.45) is 0 Å². The van der Waals surface area contributed by atoms with Gasteiger partial charge in [0.05, 0.1) is 0 Å². The van der Waals surface area contributed by atoms with Crippen LogP contribution in [0.5, 0.6) is 0 Å². The number of anilines is 1. The quantitative estimate of drug-likeness (QED) is 0.923. The molecule has 1 aromatic carbocycles. The van der Waals surface area contributed by atoms with Gasteiger partial charge in [-0.2, -0.15) is 0 Å². The Morgan fingerprint density at radius 2 is 1.94 bits per heavy atom. The van der Waals surface area contributed by atoms with Crippen LogP contribution in [-0.2, 0) is 0 Å². The minimum absolute atomic E-state index is 0.0238. The molecule has 0 bridgehead atoms. The molecule has 0 atom stereocenters. The average molecular weight is 313 g/mol. The summed E-state index contributed by atoms with van der Waals surface area (Å²) in [6.45, 7) is 0. The summed E-state index contributed by atoms with van der Waals surface area (Å²) in [6, 6.07) is 6.23. The van der Waals surface area contributed by atoms with Gasteiger partial charge in [-0.3, -0.25) is 4.79 Å². The second-order valence-electron chi connectivity index (χ2n) is 3.44. The molecule has 0 spiro atoms. The number of nitrogens with one attached hydrogen (secondary N) is 1. The fourth-order valence-corrected chi connectivity index (χ4v) is 1.63. The topological polar surface area (TPSA) is 42.0 Å². The van der Waals surface area contributed by atoms with Gasteiger partial charge >= 0.3 is 0 Å². The second-order valence-corrected chi connectivity index (χ2v) is 4.36. The van der Waals surface area contributed by atoms with Gasteiger partial charge in [0.2, 0.25) is 0 Å². The molecule has 0 radical (unpaired) electrons. The Hall–Kier alpha value is -1.82. The Labute approximate surface area is 110 Å². The number of rotatable bonds is 2. The van der Waals surface area contributed by atoms with Gasteiger partial charge in [-0.15, -0.1) is 0 Å². The monoisotopic (exact) mass is 312 g/mol. The minimum atomic E-state index is -1.06. The third-order valence-corrected chi connectivity index (χ3v) is 2.64. The van der Waals surface area contributed by atoms with E-state index in [9.17, 15) is 13.6 Å². The average Bonchev–Trinajstić information content (AvgIpc) is 2.32. The zero-order valence-electron chi connectivity index (χ0n) is 8.95. The summed E-state index contributed by atoms with van der Waals surface area (Å²) in [4.78, 5) is 15.6. The van der Waals surface area contributed by atoms with Crippen LogP contribution in [0.4, 0.5) is 14.6 Å². The van der Waals surface area contributed by atoms with E-state index >= 15 is 0 Å². The van der Waals surface area contributed by atoms with Gasteiger partial charge < -0.3 is 5.32 Å². The number of hydrogen-bond acceptors (Lipinski definition) is 2. The molecule has 0 aliphatic carbocycles. The highest BCUT2D eigenvalue weighted by Gasteiger charge is 2.10. The van der Waals surface area contributed by atoms with E-state index in [0.29, 0.717) is 5.82 Å². The van der Waals surface area contributed by atoms with Crippen molar-refractivity contribution >= 4 is 27.7 Å². The highest BCUT2D eigenvalue weighted by Crippen LogP contribution is 2.14. The van der Waals surface area contributed by atoms with E-state index in [2.05, 4.69) is 26.2 Å². The lowest BCUT2D eigenvalue weighted by molar-refractivity contribution is 0.102. The number of amides is 1. The normalized spacial score (nSPS) is 10.2. The maximum Gasteiger partial charge on any atom is 0.256 e. The van der Waals surface area contributed by atoms with Gasteiger partial charge in [0.1, 0.15) is 5.82 Å². The van der Waals surface area contributed by atoms with Crippen LogP contribution < -0.4 is 5.32 Å². The summed E-state index contributed by atoms with van der Waals surface area (Å²) < 4.78 is 26.4. The van der Waals surface area contributed by atoms with Crippen molar-refractivity contribution in [3.8, 4) is 0 Å². The molecular weight excluding hydrogens is 306 g/mol. The largest absolute Gasteiger partial charge is 0.307 e. The molecule has 0 unspecified atom stereocenters. The number of halogens is 3. The van der Waals surface area contributed by atoms with Crippen LogP contribution in [0.25, 0.3) is 0 Å². The molecule has 92 valence electrons. The van der Waals surface area contributed by atoms with E-state index in [1.165, 1.54) is 12.3 Å². The first-order chi connectivity index (χ1) is 8.56. The number of nitrogens with zero attached hydrogens (tertiary/aromatic N) is 1. The van der Waals surface area contributed by atoms with Crippen LogP contribution in [0, 0.1) is 11.6 Å². The second kappa shape index (κ2) is 5.22. The highest BCUT2D eigenvalue weighted by atomic mass is 79.9. The molecule has 1 N–H and O–H groups in total. The lowest BCUT2D eigenvalue weighted by Gasteiger charge is -2.04. The van der Waals surface area contributed by atoms with Gasteiger partial charge in [0.15, 0.2) is 11.6 Å². The van der Waals surface area contributed by atoms with E-state index < -0.39 is 17.5 Å². The van der Waals surface area contributed by atoms with Crippen LogP contribution >= 0.6 is 15.9 Å². The zero-order valence-corrected chi connectivity index (χ0v) is 10.5. The SMILES string of the molecule is O=C(Nc1cc(Br)ccn1)c1ccc(F)c(F)c1. The maximum absolute atomic E-state index is 13.0. The van der Waals surface area contributed by atoms with Crippen molar-refractivity contribution in [3.63, 3.8) is 0 Å². The van der Waals surface area contributed by atoms with Gasteiger partial charge in [-0.1, -0.05) is 15.9 Å². The molecule has 1 amide bonds. The molecule has 0 aliphatic rings. The lowest BCUT2D eigenvalue weighted by atomic mass is 10.2. The fourth-order valence-electron chi connectivity index (χ4n) is 1.30. The van der Waals surface area contributed by atoms with E-state index in [0.717, 1.165) is 16.6 Å². The third-order valence-electron chi connectivity index (χ3n) is 2.15. The molecule has 18 heavy (non-hydrogen) atoms. The Kier molecular flexibility index (Phi) is 3.66. The lowest BCUT2D eigenvalue weighted by Crippen LogP contribution is -2.13. The molecule has 2 rings (SSSR count). The predicted octanol–water partition coefficient (Wildman–Crippen LogP) is 3.37. The molecule has 1 aromatic heterocycles. The molecule has 2 aromatic rings. The summed E-state index contributed by atoms with van der Waals surface area (Å²) in [6.07, 6.45) is 1.50. The first-order valence-corrected chi connectivity index (χ1v) is 5.73. The summed E-state index contributed by atoms with van der Waals surface area (Å²) in [5.74, 6) is -2.30. The van der Waals surface area contributed by atoms with Crippen molar-refractivity contribution in [1.29, 1.82) is 0 Å². The first kappa shape index (κ1) is 12.6. The van der Waals surface area contributed by atoms with Crippen LogP contribution in [0.15, 0.2) is 41.0 Å². The summed E-state index contributed by atoms with van der Waals surface area (Å²) >= 11 is 3.23. The number of carbonyl (C=O) groups excluding carboxylic acids is 1. The summed E-state index contributed by atoms with van der Waals surface area (Å²) in [5, 5.41) is 2.48. The number of carbonyl (C=O) groups is 1. The highest BCUT2D eigenvalue weighted by molar-refractivity contribution is 9.10. The van der Waals surface area contributed by atoms with Crippen LogP contribution in [0.1, 0.15) is 10.4 Å². The van der Waals surface area contributed by atoms with Gasteiger partial charge in [-0.05, 0) is 30.3 Å².